The van der Waals surface area contributed by atoms with Crippen molar-refractivity contribution in [3.8, 4) is 0 Å². The second kappa shape index (κ2) is 8.53. The predicted molar refractivity (Wildman–Crippen MR) is 117 cm³/mol. The molecule has 12 heteroatoms. The lowest BCUT2D eigenvalue weighted by atomic mass is 10.2. The number of sulfonamides is 2. The van der Waals surface area contributed by atoms with Crippen LogP contribution in [-0.2, 0) is 20.0 Å². The molecule has 0 aliphatic carbocycles. The number of halogens is 1. The average Bonchev–Trinajstić information content (AvgIpc) is 2.71. The van der Waals surface area contributed by atoms with E-state index in [0.717, 1.165) is 24.3 Å². The smallest absolute Gasteiger partial charge is 0.269 e. The third kappa shape index (κ3) is 5.13. The Bertz CT molecular complexity index is 1340. The third-order valence-corrected chi connectivity index (χ3v) is 7.47. The zero-order valence-corrected chi connectivity index (χ0v) is 18.3. The summed E-state index contributed by atoms with van der Waals surface area (Å²) in [4.78, 5) is 9.81. The van der Waals surface area contributed by atoms with Gasteiger partial charge in [-0.2, -0.15) is 0 Å². The molecule has 0 spiro atoms. The van der Waals surface area contributed by atoms with Gasteiger partial charge in [0.15, 0.2) is 0 Å². The average molecular weight is 482 g/mol. The predicted octanol–water partition coefficient (Wildman–Crippen LogP) is 4.16. The maximum absolute atomic E-state index is 12.6. The van der Waals surface area contributed by atoms with Crippen LogP contribution in [0, 0.1) is 17.0 Å². The van der Waals surface area contributed by atoms with Crippen molar-refractivity contribution in [3.63, 3.8) is 0 Å². The normalized spacial score (nSPS) is 11.7. The Morgan fingerprint density at radius 2 is 1.32 bits per heavy atom. The van der Waals surface area contributed by atoms with Crippen molar-refractivity contribution >= 4 is 48.7 Å². The van der Waals surface area contributed by atoms with Crippen LogP contribution < -0.4 is 9.44 Å². The van der Waals surface area contributed by atoms with Gasteiger partial charge in [0, 0.05) is 22.8 Å². The topological polar surface area (TPSA) is 135 Å². The number of hydrogen-bond acceptors (Lipinski definition) is 6. The van der Waals surface area contributed by atoms with E-state index in [1.54, 1.807) is 25.1 Å². The number of nitro groups is 1. The molecule has 9 nitrogen and oxygen atoms in total. The summed E-state index contributed by atoms with van der Waals surface area (Å²) in [5.41, 5.74) is 0.780. The summed E-state index contributed by atoms with van der Waals surface area (Å²) in [6.45, 7) is 1.68. The largest absolute Gasteiger partial charge is 0.280 e. The van der Waals surface area contributed by atoms with Crippen molar-refractivity contribution in [2.45, 2.75) is 16.7 Å². The minimum absolute atomic E-state index is 0.0786. The minimum atomic E-state index is -4.02. The van der Waals surface area contributed by atoms with Crippen LogP contribution in [0.4, 0.5) is 17.1 Å². The van der Waals surface area contributed by atoms with E-state index in [2.05, 4.69) is 9.44 Å². The second-order valence-corrected chi connectivity index (χ2v) is 10.2. The van der Waals surface area contributed by atoms with E-state index in [1.807, 2.05) is 0 Å². The summed E-state index contributed by atoms with van der Waals surface area (Å²) in [6, 6.07) is 14.3. The lowest BCUT2D eigenvalue weighted by Crippen LogP contribution is -2.15. The van der Waals surface area contributed by atoms with Crippen LogP contribution in [0.2, 0.25) is 5.02 Å². The van der Waals surface area contributed by atoms with E-state index in [0.29, 0.717) is 16.3 Å². The summed E-state index contributed by atoms with van der Waals surface area (Å²) in [5, 5.41) is 11.1. The van der Waals surface area contributed by atoms with Crippen LogP contribution >= 0.6 is 11.6 Å². The highest BCUT2D eigenvalue weighted by Gasteiger charge is 2.18. The molecule has 0 heterocycles. The Kier molecular flexibility index (Phi) is 6.20. The van der Waals surface area contributed by atoms with Crippen LogP contribution in [0.1, 0.15) is 5.56 Å². The van der Waals surface area contributed by atoms with E-state index >= 15 is 0 Å². The van der Waals surface area contributed by atoms with Gasteiger partial charge in [0.1, 0.15) is 0 Å². The van der Waals surface area contributed by atoms with Crippen molar-refractivity contribution in [2.24, 2.45) is 0 Å². The van der Waals surface area contributed by atoms with Gasteiger partial charge in [-0.1, -0.05) is 17.7 Å². The van der Waals surface area contributed by atoms with Crippen LogP contribution in [0.3, 0.4) is 0 Å². The van der Waals surface area contributed by atoms with Crippen molar-refractivity contribution in [1.29, 1.82) is 0 Å². The fourth-order valence-corrected chi connectivity index (χ4v) is 4.94. The molecule has 162 valence electrons. The number of hydrogen-bond donors (Lipinski definition) is 2. The van der Waals surface area contributed by atoms with E-state index in [9.17, 15) is 26.9 Å². The Morgan fingerprint density at radius 1 is 0.806 bits per heavy atom. The fourth-order valence-electron chi connectivity index (χ4n) is 2.58. The number of nitro benzene ring substituents is 1. The Hall–Kier alpha value is -3.15. The lowest BCUT2D eigenvalue weighted by Gasteiger charge is -2.12. The molecule has 0 fully saturated rings. The van der Waals surface area contributed by atoms with Crippen LogP contribution in [-0.4, -0.2) is 21.8 Å². The van der Waals surface area contributed by atoms with Crippen molar-refractivity contribution < 1.29 is 21.8 Å². The number of benzene rings is 3. The monoisotopic (exact) mass is 481 g/mol. The van der Waals surface area contributed by atoms with Gasteiger partial charge in [0.25, 0.3) is 25.7 Å². The van der Waals surface area contributed by atoms with Gasteiger partial charge < -0.3 is 0 Å². The molecule has 0 aliphatic rings. The van der Waals surface area contributed by atoms with Gasteiger partial charge in [0.2, 0.25) is 0 Å². The quantitative estimate of drug-likeness (QED) is 0.384. The molecule has 0 unspecified atom stereocenters. The molecule has 3 aromatic rings. The SMILES string of the molecule is Cc1c(Cl)cccc1NS(=O)(=O)c1ccc(NS(=O)(=O)c2ccc([N+](=O)[O-])cc2)cc1. The maximum Gasteiger partial charge on any atom is 0.269 e. The summed E-state index contributed by atoms with van der Waals surface area (Å²) in [6.07, 6.45) is 0. The standard InChI is InChI=1S/C19H16ClN3O6S2/c1-13-18(20)3-2-4-19(13)22-31(28,29)16-9-5-14(6-10-16)21-30(26,27)17-11-7-15(8-12-17)23(24)25/h2-12,21-22H,1H3. The van der Waals surface area contributed by atoms with Gasteiger partial charge in [-0.15, -0.1) is 0 Å². The molecule has 0 aromatic heterocycles. The van der Waals surface area contributed by atoms with Crippen molar-refractivity contribution in [2.75, 3.05) is 9.44 Å². The van der Waals surface area contributed by atoms with E-state index in [1.165, 1.54) is 24.3 Å². The molecule has 0 atom stereocenters. The van der Waals surface area contributed by atoms with Gasteiger partial charge >= 0.3 is 0 Å². The fraction of sp³-hybridized carbons (Fsp3) is 0.0526. The first-order valence-corrected chi connectivity index (χ1v) is 12.0. The molecule has 31 heavy (non-hydrogen) atoms. The summed E-state index contributed by atoms with van der Waals surface area (Å²) < 4.78 is 54.9. The van der Waals surface area contributed by atoms with Crippen molar-refractivity contribution in [3.05, 3.63) is 87.4 Å². The van der Waals surface area contributed by atoms with Crippen molar-refractivity contribution in [1.82, 2.24) is 0 Å². The highest BCUT2D eigenvalue weighted by atomic mass is 35.5. The summed E-state index contributed by atoms with van der Waals surface area (Å²) in [7, 11) is -7.94. The molecule has 0 bridgehead atoms. The zero-order chi connectivity index (χ0) is 22.8. The summed E-state index contributed by atoms with van der Waals surface area (Å²) >= 11 is 6.01. The van der Waals surface area contributed by atoms with Crippen LogP contribution in [0.15, 0.2) is 76.5 Å². The highest BCUT2D eigenvalue weighted by Crippen LogP contribution is 2.26. The maximum atomic E-state index is 12.6. The molecule has 0 saturated carbocycles. The van der Waals surface area contributed by atoms with Gasteiger partial charge in [-0.05, 0) is 61.0 Å². The molecule has 0 saturated heterocycles. The van der Waals surface area contributed by atoms with Gasteiger partial charge in [0.05, 0.1) is 20.4 Å². The first kappa shape index (κ1) is 22.5. The first-order valence-electron chi connectivity index (χ1n) is 8.65. The Morgan fingerprint density at radius 3 is 1.87 bits per heavy atom. The third-order valence-electron chi connectivity index (χ3n) is 4.29. The van der Waals surface area contributed by atoms with Crippen LogP contribution in [0.25, 0.3) is 0 Å². The number of nitrogens with zero attached hydrogens (tertiary/aromatic N) is 1. The Labute approximate surface area is 183 Å². The van der Waals surface area contributed by atoms with Gasteiger partial charge in [-0.3, -0.25) is 19.6 Å². The molecule has 3 rings (SSSR count). The zero-order valence-electron chi connectivity index (χ0n) is 15.9. The van der Waals surface area contributed by atoms with E-state index < -0.39 is 25.0 Å². The molecular formula is C19H16ClN3O6S2. The molecule has 0 amide bonds. The number of rotatable bonds is 7. The van der Waals surface area contributed by atoms with Gasteiger partial charge in [-0.25, -0.2) is 16.8 Å². The van der Waals surface area contributed by atoms with E-state index in [4.69, 9.17) is 11.6 Å². The van der Waals surface area contributed by atoms with Crippen LogP contribution in [0.5, 0.6) is 0 Å². The first-order chi connectivity index (χ1) is 14.5. The summed E-state index contributed by atoms with van der Waals surface area (Å²) in [5.74, 6) is 0. The lowest BCUT2D eigenvalue weighted by molar-refractivity contribution is -0.384. The molecule has 2 N–H and O–H groups in total. The molecule has 0 aliphatic heterocycles. The highest BCUT2D eigenvalue weighted by molar-refractivity contribution is 7.93. The molecular weight excluding hydrogens is 466 g/mol. The number of anilines is 2. The minimum Gasteiger partial charge on any atom is -0.280 e. The van der Waals surface area contributed by atoms with E-state index in [-0.39, 0.29) is 21.2 Å². The number of nitrogens with one attached hydrogen (secondary N) is 2. The molecule has 0 radical (unpaired) electrons. The Balaban J connectivity index is 1.79. The second-order valence-electron chi connectivity index (χ2n) is 6.40. The number of non-ortho nitro benzene ring substituents is 1. The molecule has 3 aromatic carbocycles.